The minimum atomic E-state index is -1.47. The van der Waals surface area contributed by atoms with Gasteiger partial charge in [-0.3, -0.25) is 4.79 Å². The summed E-state index contributed by atoms with van der Waals surface area (Å²) >= 11 is 0. The number of carbonyl (C=O) groups excluding carboxylic acids is 3. The number of hydrogen-bond donors (Lipinski definition) is 1. The van der Waals surface area contributed by atoms with E-state index >= 15 is 0 Å². The Morgan fingerprint density at radius 1 is 0.833 bits per heavy atom. The van der Waals surface area contributed by atoms with Gasteiger partial charge in [0.2, 0.25) is 5.91 Å². The average Bonchev–Trinajstić information content (AvgIpc) is 2.67. The van der Waals surface area contributed by atoms with Crippen molar-refractivity contribution in [3.8, 4) is 0 Å². The quantitative estimate of drug-likeness (QED) is 0.166. The van der Waals surface area contributed by atoms with Crippen LogP contribution in [0.3, 0.4) is 0 Å². The minimum Gasteiger partial charge on any atom is -0.550 e. The molecular weight excluding hydrogens is 409 g/mol. The van der Waals surface area contributed by atoms with E-state index in [1.54, 1.807) is 0 Å². The van der Waals surface area contributed by atoms with Crippen LogP contribution >= 0.6 is 0 Å². The Bertz CT molecular complexity index is 526. The number of amides is 1. The molecule has 0 aromatic heterocycles. The topological polar surface area (TPSA) is 109 Å². The third-order valence-electron chi connectivity index (χ3n) is 4.61. The number of unbranched alkanes of at least 4 members (excludes halogenated alkanes) is 8. The van der Waals surface area contributed by atoms with E-state index in [1.807, 2.05) is 0 Å². The molecule has 0 fully saturated rings. The number of carboxylic acids is 2. The average molecular weight is 448 g/mol. The molecule has 0 bridgehead atoms. The molecule has 0 spiro atoms. The second-order valence-electron chi connectivity index (χ2n) is 7.33. The van der Waals surface area contributed by atoms with Gasteiger partial charge in [-0.1, -0.05) is 63.3 Å². The summed E-state index contributed by atoms with van der Waals surface area (Å²) in [6.45, 7) is 2.21. The molecule has 1 N–H and O–H groups in total. The van der Waals surface area contributed by atoms with E-state index in [0.29, 0.717) is 6.42 Å². The Morgan fingerprint density at radius 3 is 1.97 bits per heavy atom. The van der Waals surface area contributed by atoms with Crippen LogP contribution in [0.25, 0.3) is 0 Å². The third kappa shape index (κ3) is 22.2. The zero-order valence-electron chi connectivity index (χ0n) is 19.8. The van der Waals surface area contributed by atoms with Crippen LogP contribution in [0.1, 0.15) is 98.2 Å². The summed E-state index contributed by atoms with van der Waals surface area (Å²) in [5.41, 5.74) is 0. The molecule has 0 unspecified atom stereocenters. The van der Waals surface area contributed by atoms with Gasteiger partial charge < -0.3 is 25.1 Å². The van der Waals surface area contributed by atoms with Crippen LogP contribution in [-0.4, -0.2) is 23.9 Å². The van der Waals surface area contributed by atoms with Crippen LogP contribution < -0.4 is 66.9 Å². The summed E-state index contributed by atoms with van der Waals surface area (Å²) in [7, 11) is 0. The molecule has 0 aromatic carbocycles. The van der Waals surface area contributed by atoms with Crippen molar-refractivity contribution in [2.75, 3.05) is 0 Å². The van der Waals surface area contributed by atoms with Crippen molar-refractivity contribution in [3.63, 3.8) is 0 Å². The normalized spacial score (nSPS) is 12.0. The van der Waals surface area contributed by atoms with Crippen molar-refractivity contribution < 1.29 is 77.4 Å². The summed E-state index contributed by atoms with van der Waals surface area (Å²) in [4.78, 5) is 33.1. The number of carboxylic acid groups (broad SMARTS) is 2. The largest absolute Gasteiger partial charge is 1.00 e. The van der Waals surface area contributed by atoms with Crippen LogP contribution in [0.15, 0.2) is 24.3 Å². The van der Waals surface area contributed by atoms with Gasteiger partial charge in [-0.15, -0.1) is 0 Å². The number of rotatable bonds is 19. The summed E-state index contributed by atoms with van der Waals surface area (Å²) < 4.78 is 0. The second-order valence-corrected chi connectivity index (χ2v) is 7.33. The van der Waals surface area contributed by atoms with Crippen LogP contribution in [0.2, 0.25) is 0 Å². The molecule has 6 nitrogen and oxygen atoms in total. The van der Waals surface area contributed by atoms with Gasteiger partial charge in [0.25, 0.3) is 0 Å². The van der Waals surface area contributed by atoms with Crippen LogP contribution in [-0.2, 0) is 14.4 Å². The summed E-state index contributed by atoms with van der Waals surface area (Å²) in [5.74, 6) is -3.21. The summed E-state index contributed by atoms with van der Waals surface area (Å²) in [6, 6.07) is -1.28. The smallest absolute Gasteiger partial charge is 0.550 e. The van der Waals surface area contributed by atoms with Gasteiger partial charge in [-0.05, 0) is 51.4 Å². The van der Waals surface area contributed by atoms with Gasteiger partial charge in [0.05, 0.1) is 12.0 Å². The predicted molar refractivity (Wildman–Crippen MR) is 112 cm³/mol. The molecule has 0 aliphatic carbocycles. The van der Waals surface area contributed by atoms with E-state index in [2.05, 4.69) is 36.5 Å². The maximum atomic E-state index is 11.8. The first-order valence-electron chi connectivity index (χ1n) is 11.0. The van der Waals surface area contributed by atoms with Crippen molar-refractivity contribution >= 4 is 17.8 Å². The van der Waals surface area contributed by atoms with Crippen molar-refractivity contribution in [2.45, 2.75) is 103 Å². The van der Waals surface area contributed by atoms with E-state index < -0.39 is 24.4 Å². The van der Waals surface area contributed by atoms with Gasteiger partial charge >= 0.3 is 52.8 Å². The maximum Gasteiger partial charge on any atom is 1.00 e. The zero-order valence-corrected chi connectivity index (χ0v) is 22.0. The van der Waals surface area contributed by atoms with Gasteiger partial charge in [0.1, 0.15) is 0 Å². The molecular formula is C23H38KNO5. The van der Waals surface area contributed by atoms with Crippen LogP contribution in [0, 0.1) is 0 Å². The SMILES string of the molecule is CCCCC/C=C\C/C=C\CCCCCCCC(=O)N[C@@H](CCC(=O)[O-])C(=O)[O-].[H+].[K+]. The van der Waals surface area contributed by atoms with E-state index in [-0.39, 0.29) is 71.6 Å². The molecule has 0 saturated heterocycles. The number of allylic oxidation sites excluding steroid dienone is 4. The molecule has 30 heavy (non-hydrogen) atoms. The first-order valence-corrected chi connectivity index (χ1v) is 11.0. The fourth-order valence-electron chi connectivity index (χ4n) is 2.87. The van der Waals surface area contributed by atoms with Crippen molar-refractivity contribution in [2.24, 2.45) is 0 Å². The first kappa shape index (κ1) is 31.7. The molecule has 7 heteroatoms. The number of aliphatic carboxylic acids is 2. The zero-order chi connectivity index (χ0) is 21.7. The van der Waals surface area contributed by atoms with Crippen molar-refractivity contribution in [3.05, 3.63) is 24.3 Å². The predicted octanol–water partition coefficient (Wildman–Crippen LogP) is -0.319. The molecule has 1 atom stereocenters. The van der Waals surface area contributed by atoms with Crippen molar-refractivity contribution in [1.29, 1.82) is 0 Å². The van der Waals surface area contributed by atoms with Crippen LogP contribution in [0.4, 0.5) is 0 Å². The van der Waals surface area contributed by atoms with Gasteiger partial charge in [0, 0.05) is 12.4 Å². The molecule has 0 heterocycles. The fourth-order valence-corrected chi connectivity index (χ4v) is 2.87. The van der Waals surface area contributed by atoms with E-state index in [9.17, 15) is 24.6 Å². The number of nitrogens with one attached hydrogen (secondary N) is 1. The minimum absolute atomic E-state index is 0. The Hall–Kier alpha value is -0.474. The Balaban J connectivity index is -0.00000392. The molecule has 1 amide bonds. The summed E-state index contributed by atoms with van der Waals surface area (Å²) in [6.07, 6.45) is 20.4. The molecule has 0 aliphatic rings. The number of carbonyl (C=O) groups is 3. The van der Waals surface area contributed by atoms with Crippen molar-refractivity contribution in [1.82, 2.24) is 5.32 Å². The maximum absolute atomic E-state index is 11.8. The van der Waals surface area contributed by atoms with E-state index in [1.165, 1.54) is 25.7 Å². The molecule has 0 saturated carbocycles. The molecule has 0 aromatic rings. The fraction of sp³-hybridized carbons (Fsp3) is 0.696. The Labute approximate surface area is 225 Å². The standard InChI is InChI=1S/C23H39NO5.K/c1-2-3-4-5-6-7-8-9-10-11-12-13-14-15-16-17-21(25)24-20(23(28)29)18-19-22(26)27;/h6-7,9-10,20H,2-5,8,11-19H2,1H3,(H,24,25)(H,26,27)(H,28,29);/q;+1/p-1/b7-6-,10-9-;/t20-;/m0./s1. The first-order chi connectivity index (χ1) is 14.0. The monoisotopic (exact) mass is 447 g/mol. The van der Waals surface area contributed by atoms with E-state index in [0.717, 1.165) is 38.5 Å². The van der Waals surface area contributed by atoms with E-state index in [4.69, 9.17) is 0 Å². The molecule has 166 valence electrons. The van der Waals surface area contributed by atoms with Gasteiger partial charge in [-0.25, -0.2) is 0 Å². The molecule has 0 aliphatic heterocycles. The number of hydrogen-bond acceptors (Lipinski definition) is 5. The Kier molecular flexibility index (Phi) is 24.5. The Morgan fingerprint density at radius 2 is 1.40 bits per heavy atom. The summed E-state index contributed by atoms with van der Waals surface area (Å²) in [5, 5.41) is 23.6. The molecule has 0 radical (unpaired) electrons. The second kappa shape index (κ2) is 23.2. The molecule has 0 rings (SSSR count). The van der Waals surface area contributed by atoms with Gasteiger partial charge in [-0.2, -0.15) is 0 Å². The van der Waals surface area contributed by atoms with Crippen LogP contribution in [0.5, 0.6) is 0 Å². The van der Waals surface area contributed by atoms with Gasteiger partial charge in [0.15, 0.2) is 0 Å². The third-order valence-corrected chi connectivity index (χ3v) is 4.61.